The number of rotatable bonds is 15. The van der Waals surface area contributed by atoms with Crippen molar-refractivity contribution in [3.63, 3.8) is 0 Å². The molecule has 0 aromatic heterocycles. The second-order valence-corrected chi connectivity index (χ2v) is 8.01. The normalized spacial score (nSPS) is 11.7. The lowest BCUT2D eigenvalue weighted by Crippen LogP contribution is -2.19. The van der Waals surface area contributed by atoms with Crippen molar-refractivity contribution in [2.24, 2.45) is 5.41 Å². The van der Waals surface area contributed by atoms with Crippen LogP contribution in [0.3, 0.4) is 0 Å². The maximum absolute atomic E-state index is 11.8. The minimum atomic E-state index is -0.152. The molecule has 0 bridgehead atoms. The van der Waals surface area contributed by atoms with E-state index in [0.717, 1.165) is 12.8 Å². The van der Waals surface area contributed by atoms with Crippen LogP contribution in [0.2, 0.25) is 0 Å². The fourth-order valence-electron chi connectivity index (χ4n) is 2.73. The van der Waals surface area contributed by atoms with E-state index in [1.807, 2.05) is 20.8 Å². The van der Waals surface area contributed by atoms with E-state index >= 15 is 0 Å². The van der Waals surface area contributed by atoms with E-state index in [1.165, 1.54) is 77.0 Å². The molecule has 0 saturated heterocycles. The molecule has 0 aromatic rings. The van der Waals surface area contributed by atoms with E-state index in [-0.39, 0.29) is 12.8 Å². The maximum Gasteiger partial charge on any atom is 0.138 e. The average molecular weight is 339 g/mol. The van der Waals surface area contributed by atoms with Crippen LogP contribution < -0.4 is 0 Å². The fraction of sp³-hybridized carbons (Fsp3) is 0.870. The fourth-order valence-corrected chi connectivity index (χ4v) is 2.73. The van der Waals surface area contributed by atoms with Crippen molar-refractivity contribution in [1.29, 1.82) is 0 Å². The Bertz CT molecular complexity index is 296. The van der Waals surface area contributed by atoms with E-state index in [1.54, 1.807) is 0 Å². The van der Waals surface area contributed by atoms with E-state index in [2.05, 4.69) is 19.1 Å². The van der Waals surface area contributed by atoms with Crippen molar-refractivity contribution < 1.29 is 4.79 Å². The molecule has 0 heterocycles. The monoisotopic (exact) mass is 338 g/mol. The van der Waals surface area contributed by atoms with Gasteiger partial charge < -0.3 is 0 Å². The highest BCUT2D eigenvalue weighted by Gasteiger charge is 2.19. The van der Waals surface area contributed by atoms with Crippen molar-refractivity contribution >= 4 is 5.78 Å². The lowest BCUT2D eigenvalue weighted by atomic mass is 9.88. The topological polar surface area (TPSA) is 17.1 Å². The van der Waals surface area contributed by atoms with Crippen molar-refractivity contribution in [3.05, 3.63) is 12.2 Å². The van der Waals surface area contributed by atoms with Crippen LogP contribution in [0.1, 0.15) is 125 Å². The van der Waals surface area contributed by atoms with Gasteiger partial charge in [-0.05, 0) is 32.1 Å². The molecule has 0 atom stereocenters. The second-order valence-electron chi connectivity index (χ2n) is 8.01. The number of Topliss-reactive ketones (excluding diaryl/α,β-unsaturated/α-hetero) is 1. The first-order valence-corrected chi connectivity index (χ1v) is 10.2. The highest BCUT2D eigenvalue weighted by molar-refractivity contribution is 5.83. The summed E-state index contributed by atoms with van der Waals surface area (Å²) >= 11 is 0. The van der Waals surface area contributed by atoms with Crippen LogP contribution in [0, 0.1) is 5.41 Å². The smallest absolute Gasteiger partial charge is 0.138 e. The molecular weight excluding hydrogens is 292 g/mol. The minimum Gasteiger partial charge on any atom is -0.299 e. The molecule has 0 unspecified atom stereocenters. The summed E-state index contributed by atoms with van der Waals surface area (Å²) in [6.07, 6.45) is 22.5. The quantitative estimate of drug-likeness (QED) is 0.217. The number of unbranched alkanes of at least 4 members (excludes halogenated alkanes) is 11. The van der Waals surface area contributed by atoms with Gasteiger partial charge in [0.05, 0.1) is 0 Å². The third-order valence-electron chi connectivity index (χ3n) is 4.50. The average Bonchev–Trinajstić information content (AvgIpc) is 2.50. The molecule has 24 heavy (non-hydrogen) atoms. The van der Waals surface area contributed by atoms with Crippen LogP contribution in [-0.2, 0) is 4.79 Å². The highest BCUT2D eigenvalue weighted by Crippen LogP contribution is 2.19. The highest BCUT2D eigenvalue weighted by atomic mass is 16.1. The molecule has 0 aliphatic rings. The summed E-state index contributed by atoms with van der Waals surface area (Å²) in [5.41, 5.74) is -0.152. The molecular formula is C23H46O. The molecule has 0 amide bonds. The Morgan fingerprint density at radius 2 is 1.12 bits per heavy atom. The SMILES string of the molecule is C.CCCCCCCC/C=C\CCCCCCCC(=O)C(C)(C)C. The standard InChI is InChI=1S/C22H42O.CH4/c1-5-6-7-8-9-10-11-12-13-14-15-16-17-18-19-20-21(23)22(2,3)4;/h12-13H,5-11,14-20H2,1-4H3;1H4/b13-12-;. The van der Waals surface area contributed by atoms with Crippen LogP contribution in [-0.4, -0.2) is 5.78 Å². The molecule has 0 rings (SSSR count). The van der Waals surface area contributed by atoms with Gasteiger partial charge in [0.1, 0.15) is 5.78 Å². The summed E-state index contributed by atoms with van der Waals surface area (Å²) in [5.74, 6) is 0.412. The van der Waals surface area contributed by atoms with Crippen molar-refractivity contribution in [1.82, 2.24) is 0 Å². The molecule has 0 fully saturated rings. The number of allylic oxidation sites excluding steroid dienone is 2. The number of carbonyl (C=O) groups excluding carboxylic acids is 1. The second kappa shape index (κ2) is 17.2. The first-order valence-electron chi connectivity index (χ1n) is 10.2. The van der Waals surface area contributed by atoms with Crippen LogP contribution in [0.25, 0.3) is 0 Å². The summed E-state index contributed by atoms with van der Waals surface area (Å²) in [7, 11) is 0. The Balaban J connectivity index is 0. The zero-order chi connectivity index (χ0) is 17.4. The first kappa shape index (κ1) is 25.6. The molecule has 1 nitrogen and oxygen atoms in total. The van der Waals surface area contributed by atoms with Crippen LogP contribution >= 0.6 is 0 Å². The predicted molar refractivity (Wildman–Crippen MR) is 111 cm³/mol. The summed E-state index contributed by atoms with van der Waals surface area (Å²) in [5, 5.41) is 0. The Kier molecular flexibility index (Phi) is 18.4. The van der Waals surface area contributed by atoms with Gasteiger partial charge in [-0.2, -0.15) is 0 Å². The number of hydrogen-bond acceptors (Lipinski definition) is 1. The van der Waals surface area contributed by atoms with Gasteiger partial charge in [-0.1, -0.05) is 98.6 Å². The Morgan fingerprint density at radius 3 is 1.58 bits per heavy atom. The molecule has 0 aliphatic carbocycles. The van der Waals surface area contributed by atoms with Crippen molar-refractivity contribution in [3.8, 4) is 0 Å². The zero-order valence-electron chi connectivity index (χ0n) is 16.5. The van der Waals surface area contributed by atoms with Crippen molar-refractivity contribution in [2.75, 3.05) is 0 Å². The first-order chi connectivity index (χ1) is 11.0. The van der Waals surface area contributed by atoms with Gasteiger partial charge in [0, 0.05) is 11.8 Å². The molecule has 1 heteroatoms. The van der Waals surface area contributed by atoms with Crippen molar-refractivity contribution in [2.45, 2.75) is 125 Å². The lowest BCUT2D eigenvalue weighted by Gasteiger charge is -2.16. The molecule has 0 aliphatic heterocycles. The molecule has 0 saturated carbocycles. The Morgan fingerprint density at radius 1 is 0.708 bits per heavy atom. The number of ketones is 1. The molecule has 0 radical (unpaired) electrons. The van der Waals surface area contributed by atoms with Gasteiger partial charge >= 0.3 is 0 Å². The zero-order valence-corrected chi connectivity index (χ0v) is 16.5. The third kappa shape index (κ3) is 17.8. The van der Waals surface area contributed by atoms with E-state index in [0.29, 0.717) is 5.78 Å². The lowest BCUT2D eigenvalue weighted by molar-refractivity contribution is -0.126. The molecule has 0 aromatic carbocycles. The third-order valence-corrected chi connectivity index (χ3v) is 4.50. The number of hydrogen-bond donors (Lipinski definition) is 0. The molecule has 0 spiro atoms. The van der Waals surface area contributed by atoms with Crippen LogP contribution in [0.15, 0.2) is 12.2 Å². The van der Waals surface area contributed by atoms with Gasteiger partial charge in [-0.3, -0.25) is 4.79 Å². The summed E-state index contributed by atoms with van der Waals surface area (Å²) in [6.45, 7) is 8.33. The van der Waals surface area contributed by atoms with Gasteiger partial charge in [0.2, 0.25) is 0 Å². The number of carbonyl (C=O) groups is 1. The minimum absolute atomic E-state index is 0. The van der Waals surface area contributed by atoms with Gasteiger partial charge in [-0.15, -0.1) is 0 Å². The van der Waals surface area contributed by atoms with E-state index < -0.39 is 0 Å². The Hall–Kier alpha value is -0.590. The predicted octanol–water partition coefficient (Wildman–Crippen LogP) is 8.28. The van der Waals surface area contributed by atoms with E-state index in [9.17, 15) is 4.79 Å². The van der Waals surface area contributed by atoms with Crippen LogP contribution in [0.5, 0.6) is 0 Å². The summed E-state index contributed by atoms with van der Waals surface area (Å²) in [6, 6.07) is 0. The van der Waals surface area contributed by atoms with E-state index in [4.69, 9.17) is 0 Å². The molecule has 0 N–H and O–H groups in total. The van der Waals surface area contributed by atoms with Crippen LogP contribution in [0.4, 0.5) is 0 Å². The van der Waals surface area contributed by atoms with Gasteiger partial charge in [-0.25, -0.2) is 0 Å². The summed E-state index contributed by atoms with van der Waals surface area (Å²) < 4.78 is 0. The Labute approximate surface area is 153 Å². The largest absolute Gasteiger partial charge is 0.299 e. The van der Waals surface area contributed by atoms with Gasteiger partial charge in [0.25, 0.3) is 0 Å². The molecule has 144 valence electrons. The summed E-state index contributed by atoms with van der Waals surface area (Å²) in [4.78, 5) is 11.8. The van der Waals surface area contributed by atoms with Gasteiger partial charge in [0.15, 0.2) is 0 Å². The maximum atomic E-state index is 11.8.